The number of carbonyl (C=O) groups is 3. The van der Waals surface area contributed by atoms with Gasteiger partial charge >= 0.3 is 11.5 Å². The van der Waals surface area contributed by atoms with Gasteiger partial charge in [-0.1, -0.05) is 30.3 Å². The number of rotatable bonds is 4. The van der Waals surface area contributed by atoms with Crippen molar-refractivity contribution in [3.63, 3.8) is 0 Å². The van der Waals surface area contributed by atoms with Crippen molar-refractivity contribution in [3.8, 4) is 0 Å². The fraction of sp³-hybridized carbons (Fsp3) is 0.200. The monoisotopic (exact) mass is 366 g/mol. The summed E-state index contributed by atoms with van der Waals surface area (Å²) >= 11 is 0. The zero-order valence-corrected chi connectivity index (χ0v) is 14.4. The van der Waals surface area contributed by atoms with Crippen LogP contribution in [-0.2, 0) is 24.7 Å². The molecule has 2 amide bonds. The Bertz CT molecular complexity index is 937. The average molecular weight is 366 g/mol. The number of methoxy groups -OCH3 is 1. The Kier molecular flexibility index (Phi) is 4.74. The summed E-state index contributed by atoms with van der Waals surface area (Å²) in [6, 6.07) is 12.9. The lowest BCUT2D eigenvalue weighted by Crippen LogP contribution is -2.45. The van der Waals surface area contributed by atoms with Gasteiger partial charge in [-0.3, -0.25) is 14.4 Å². The third-order valence-electron chi connectivity index (χ3n) is 4.62. The zero-order valence-electron chi connectivity index (χ0n) is 14.4. The maximum atomic E-state index is 13.2. The summed E-state index contributed by atoms with van der Waals surface area (Å²) < 4.78 is 18.0. The smallest absolute Gasteiger partial charge is 0.399 e. The molecule has 0 spiro atoms. The first-order valence-electron chi connectivity index (χ1n) is 8.10. The first kappa shape index (κ1) is 18.3. The number of halogens is 1. The highest BCUT2D eigenvalue weighted by Gasteiger charge is 2.63. The predicted molar refractivity (Wildman–Crippen MR) is 93.7 cm³/mol. The van der Waals surface area contributed by atoms with E-state index in [1.54, 1.807) is 30.3 Å². The first-order chi connectivity index (χ1) is 13.0. The lowest BCUT2D eigenvalue weighted by atomic mass is 9.77. The van der Waals surface area contributed by atoms with Crippen molar-refractivity contribution in [2.45, 2.75) is 12.0 Å². The van der Waals surface area contributed by atoms with Gasteiger partial charge < -0.3 is 4.74 Å². The van der Waals surface area contributed by atoms with E-state index in [1.807, 2.05) is 0 Å². The number of hydrogen-bond donors (Lipinski definition) is 0. The molecule has 1 heterocycles. The molecule has 0 aromatic heterocycles. The third-order valence-corrected chi connectivity index (χ3v) is 4.62. The largest absolute Gasteiger partial charge is 0.463 e. The van der Waals surface area contributed by atoms with E-state index in [9.17, 15) is 18.8 Å². The van der Waals surface area contributed by atoms with Crippen molar-refractivity contribution in [1.82, 2.24) is 0 Å². The van der Waals surface area contributed by atoms with E-state index >= 15 is 0 Å². The minimum atomic E-state index is -1.97. The number of esters is 1. The lowest BCUT2D eigenvalue weighted by Gasteiger charge is -2.24. The zero-order chi connectivity index (χ0) is 19.6. The predicted octanol–water partition coefficient (Wildman–Crippen LogP) is 2.69. The molecular formula is C20H15FN2O4. The number of ether oxygens (including phenoxy) is 1. The molecule has 0 aliphatic carbocycles. The highest BCUT2D eigenvalue weighted by molar-refractivity contribution is 6.22. The van der Waals surface area contributed by atoms with Crippen LogP contribution in [0.5, 0.6) is 0 Å². The Morgan fingerprint density at radius 2 is 1.81 bits per heavy atom. The maximum absolute atomic E-state index is 13.2. The number of nitrogens with zero attached hydrogens (tertiary/aromatic N) is 2. The van der Waals surface area contributed by atoms with Gasteiger partial charge in [0.15, 0.2) is 0 Å². The fourth-order valence-corrected chi connectivity index (χ4v) is 3.32. The van der Waals surface area contributed by atoms with Crippen molar-refractivity contribution in [1.29, 1.82) is 0 Å². The van der Waals surface area contributed by atoms with Gasteiger partial charge in [0.1, 0.15) is 11.7 Å². The molecule has 2 aromatic carbocycles. The quantitative estimate of drug-likeness (QED) is 0.474. The molecule has 1 aliphatic heterocycles. The number of hydrogen-bond acceptors (Lipinski definition) is 4. The van der Waals surface area contributed by atoms with E-state index < -0.39 is 35.1 Å². The second-order valence-electron chi connectivity index (χ2n) is 6.04. The second-order valence-corrected chi connectivity index (χ2v) is 6.04. The summed E-state index contributed by atoms with van der Waals surface area (Å²) in [5.41, 5.74) is -1.51. The molecule has 3 rings (SSSR count). The van der Waals surface area contributed by atoms with Crippen LogP contribution in [0.3, 0.4) is 0 Å². The molecule has 0 bridgehead atoms. The summed E-state index contributed by atoms with van der Waals surface area (Å²) in [4.78, 5) is 42.6. The van der Waals surface area contributed by atoms with Gasteiger partial charge in [-0.2, -0.15) is 0 Å². The molecule has 0 N–H and O–H groups in total. The maximum Gasteiger partial charge on any atom is 0.399 e. The molecule has 2 atom stereocenters. The van der Waals surface area contributed by atoms with E-state index in [1.165, 1.54) is 12.1 Å². The number of carbonyl (C=O) groups excluding carboxylic acids is 3. The summed E-state index contributed by atoms with van der Waals surface area (Å²) in [6.07, 6.45) is -0.331. The molecule has 2 aromatic rings. The topological polar surface area (TPSA) is 68.0 Å². The van der Waals surface area contributed by atoms with Gasteiger partial charge in [0, 0.05) is 12.0 Å². The average Bonchev–Trinajstić information content (AvgIpc) is 2.99. The Morgan fingerprint density at radius 3 is 2.37 bits per heavy atom. The van der Waals surface area contributed by atoms with Gasteiger partial charge in [0.25, 0.3) is 0 Å². The first-order valence-corrected chi connectivity index (χ1v) is 8.10. The number of amides is 2. The van der Waals surface area contributed by atoms with Gasteiger partial charge in [-0.25, -0.2) is 20.7 Å². The molecule has 1 aliphatic rings. The van der Waals surface area contributed by atoms with Crippen molar-refractivity contribution >= 4 is 23.5 Å². The normalized spacial score (nSPS) is 18.7. The summed E-state index contributed by atoms with van der Waals surface area (Å²) in [6.45, 7) is 7.69. The van der Waals surface area contributed by atoms with Gasteiger partial charge in [0.2, 0.25) is 11.8 Å². The Morgan fingerprint density at radius 1 is 1.19 bits per heavy atom. The highest BCUT2D eigenvalue weighted by Crippen LogP contribution is 2.43. The highest BCUT2D eigenvalue weighted by atomic mass is 19.1. The van der Waals surface area contributed by atoms with Crippen LogP contribution in [0.15, 0.2) is 54.6 Å². The second kappa shape index (κ2) is 7.00. The van der Waals surface area contributed by atoms with E-state index in [4.69, 9.17) is 11.3 Å². The number of anilines is 1. The van der Waals surface area contributed by atoms with Gasteiger partial charge in [-0.05, 0) is 24.3 Å². The molecule has 0 saturated carbocycles. The summed E-state index contributed by atoms with van der Waals surface area (Å²) in [7, 11) is 1.13. The molecule has 27 heavy (non-hydrogen) atoms. The molecule has 1 saturated heterocycles. The SMILES string of the molecule is [C-]#[N+][C@@](C(=O)OC)(c1ccccc1)[C@H]1CC(=O)N(c2ccc(F)cc2)C1=O. The Hall–Kier alpha value is -3.53. The third kappa shape index (κ3) is 2.85. The van der Waals surface area contributed by atoms with Gasteiger partial charge in [-0.15, -0.1) is 0 Å². The van der Waals surface area contributed by atoms with E-state index in [-0.39, 0.29) is 17.7 Å². The van der Waals surface area contributed by atoms with Crippen LogP contribution in [0, 0.1) is 18.3 Å². The van der Waals surface area contributed by atoms with Crippen LogP contribution in [0.2, 0.25) is 0 Å². The van der Waals surface area contributed by atoms with Crippen molar-refractivity contribution < 1.29 is 23.5 Å². The van der Waals surface area contributed by atoms with Crippen LogP contribution in [0.4, 0.5) is 10.1 Å². The molecule has 7 heteroatoms. The van der Waals surface area contributed by atoms with Crippen molar-refractivity contribution in [3.05, 3.63) is 77.4 Å². The number of benzene rings is 2. The van der Waals surface area contributed by atoms with E-state index in [2.05, 4.69) is 4.85 Å². The van der Waals surface area contributed by atoms with Crippen molar-refractivity contribution in [2.75, 3.05) is 12.0 Å². The van der Waals surface area contributed by atoms with Crippen LogP contribution in [0.25, 0.3) is 4.85 Å². The van der Waals surface area contributed by atoms with Crippen LogP contribution in [0.1, 0.15) is 12.0 Å². The minimum absolute atomic E-state index is 0.186. The Labute approximate surface area is 155 Å². The van der Waals surface area contributed by atoms with Gasteiger partial charge in [0.05, 0.1) is 12.8 Å². The van der Waals surface area contributed by atoms with E-state index in [0.717, 1.165) is 24.1 Å². The molecule has 0 radical (unpaired) electrons. The molecule has 1 fully saturated rings. The summed E-state index contributed by atoms with van der Waals surface area (Å²) in [5.74, 6) is -3.93. The van der Waals surface area contributed by atoms with Crippen LogP contribution < -0.4 is 4.90 Å². The standard InChI is InChI=1S/C20H15FN2O4/c1-22-20(19(26)27-2,13-6-4-3-5-7-13)16-12-17(24)23(18(16)25)15-10-8-14(21)9-11-15/h3-11,16H,12H2,2H3/t16-,20-/m0/s1. The fourth-order valence-electron chi connectivity index (χ4n) is 3.32. The molecule has 136 valence electrons. The van der Waals surface area contributed by atoms with Crippen LogP contribution >= 0.6 is 0 Å². The number of imide groups is 1. The lowest BCUT2D eigenvalue weighted by molar-refractivity contribution is -0.149. The summed E-state index contributed by atoms with van der Waals surface area (Å²) in [5, 5.41) is 0. The molecule has 6 nitrogen and oxygen atoms in total. The molecule has 0 unspecified atom stereocenters. The van der Waals surface area contributed by atoms with Crippen LogP contribution in [-0.4, -0.2) is 24.9 Å². The minimum Gasteiger partial charge on any atom is -0.463 e. The van der Waals surface area contributed by atoms with E-state index in [0.29, 0.717) is 0 Å². The Balaban J connectivity index is 2.10. The molecular weight excluding hydrogens is 351 g/mol. The van der Waals surface area contributed by atoms with Crippen molar-refractivity contribution in [2.24, 2.45) is 5.92 Å².